The fourth-order valence-electron chi connectivity index (χ4n) is 3.94. The van der Waals surface area contributed by atoms with Gasteiger partial charge in [-0.15, -0.1) is 0 Å². The molecule has 0 radical (unpaired) electrons. The topological polar surface area (TPSA) is 42.7 Å². The Labute approximate surface area is 143 Å². The number of carbonyl (C=O) groups excluding carboxylic acids is 1. The van der Waals surface area contributed by atoms with Gasteiger partial charge in [-0.2, -0.15) is 0 Å². The molecule has 1 saturated carbocycles. The van der Waals surface area contributed by atoms with Crippen molar-refractivity contribution in [3.05, 3.63) is 34.0 Å². The van der Waals surface area contributed by atoms with Crippen LogP contribution < -0.4 is 0 Å². The van der Waals surface area contributed by atoms with Crippen molar-refractivity contribution in [2.24, 2.45) is 0 Å². The average Bonchev–Trinajstić information content (AvgIpc) is 3.09. The molecular formula is C18H20BrNO3. The van der Waals surface area contributed by atoms with E-state index in [1.807, 2.05) is 30.0 Å². The van der Waals surface area contributed by atoms with Gasteiger partial charge in [0, 0.05) is 22.0 Å². The standard InChI is InChI=1S/C18H20BrNO3/c1-12-14-6-5-13(19)11-15(14)23-16(12)17(21)20-9-10-22-18(20)7-3-2-4-8-18/h5-6,11H,2-4,7-10H2,1H3. The molecule has 0 bridgehead atoms. The van der Waals surface area contributed by atoms with Crippen molar-refractivity contribution in [3.8, 4) is 0 Å². The Balaban J connectivity index is 1.72. The maximum absolute atomic E-state index is 13.1. The van der Waals surface area contributed by atoms with Gasteiger partial charge in [0.1, 0.15) is 11.3 Å². The van der Waals surface area contributed by atoms with E-state index in [4.69, 9.17) is 9.15 Å². The highest BCUT2D eigenvalue weighted by Crippen LogP contribution is 2.39. The lowest BCUT2D eigenvalue weighted by molar-refractivity contribution is -0.0925. The van der Waals surface area contributed by atoms with Gasteiger partial charge in [-0.1, -0.05) is 22.4 Å². The molecule has 1 aromatic heterocycles. The Morgan fingerprint density at radius 1 is 1.26 bits per heavy atom. The van der Waals surface area contributed by atoms with Gasteiger partial charge in [-0.3, -0.25) is 4.79 Å². The van der Waals surface area contributed by atoms with E-state index >= 15 is 0 Å². The Kier molecular flexibility index (Phi) is 3.73. The van der Waals surface area contributed by atoms with Gasteiger partial charge in [0.05, 0.1) is 6.61 Å². The SMILES string of the molecule is Cc1c(C(=O)N2CCOC23CCCCC3)oc2cc(Br)ccc12. The monoisotopic (exact) mass is 377 g/mol. The molecular weight excluding hydrogens is 358 g/mol. The smallest absolute Gasteiger partial charge is 0.292 e. The molecule has 23 heavy (non-hydrogen) atoms. The van der Waals surface area contributed by atoms with Crippen LogP contribution in [-0.4, -0.2) is 29.7 Å². The summed E-state index contributed by atoms with van der Waals surface area (Å²) >= 11 is 3.45. The number of aryl methyl sites for hydroxylation is 1. The highest BCUT2D eigenvalue weighted by molar-refractivity contribution is 9.10. The average molecular weight is 378 g/mol. The predicted molar refractivity (Wildman–Crippen MR) is 91.5 cm³/mol. The highest BCUT2D eigenvalue weighted by Gasteiger charge is 2.46. The molecule has 2 aromatic rings. The minimum absolute atomic E-state index is 0.0331. The van der Waals surface area contributed by atoms with Crippen molar-refractivity contribution in [2.75, 3.05) is 13.2 Å². The van der Waals surface area contributed by atoms with E-state index < -0.39 is 5.72 Å². The number of furan rings is 1. The Morgan fingerprint density at radius 2 is 2.04 bits per heavy atom. The summed E-state index contributed by atoms with van der Waals surface area (Å²) in [4.78, 5) is 15.0. The number of fused-ring (bicyclic) bond motifs is 1. The molecule has 0 atom stereocenters. The summed E-state index contributed by atoms with van der Waals surface area (Å²) < 4.78 is 12.9. The van der Waals surface area contributed by atoms with Crippen LogP contribution in [0.25, 0.3) is 11.0 Å². The molecule has 2 aliphatic rings. The molecule has 1 aliphatic carbocycles. The zero-order chi connectivity index (χ0) is 16.0. The van der Waals surface area contributed by atoms with Crippen LogP contribution >= 0.6 is 15.9 Å². The maximum Gasteiger partial charge on any atom is 0.292 e. The zero-order valence-electron chi connectivity index (χ0n) is 13.2. The quantitative estimate of drug-likeness (QED) is 0.726. The third-order valence-electron chi connectivity index (χ3n) is 5.15. The number of hydrogen-bond acceptors (Lipinski definition) is 3. The number of carbonyl (C=O) groups is 1. The first kappa shape index (κ1) is 15.2. The van der Waals surface area contributed by atoms with E-state index in [9.17, 15) is 4.79 Å². The van der Waals surface area contributed by atoms with Crippen LogP contribution in [0.3, 0.4) is 0 Å². The van der Waals surface area contributed by atoms with Crippen molar-refractivity contribution in [1.82, 2.24) is 4.90 Å². The summed E-state index contributed by atoms with van der Waals surface area (Å²) in [5.41, 5.74) is 1.26. The third kappa shape index (κ3) is 2.41. The zero-order valence-corrected chi connectivity index (χ0v) is 14.8. The third-order valence-corrected chi connectivity index (χ3v) is 5.65. The Bertz CT molecular complexity index is 761. The van der Waals surface area contributed by atoms with Crippen LogP contribution in [0, 0.1) is 6.92 Å². The van der Waals surface area contributed by atoms with Gasteiger partial charge in [-0.25, -0.2) is 0 Å². The second-order valence-corrected chi connectivity index (χ2v) is 7.42. The lowest BCUT2D eigenvalue weighted by Crippen LogP contribution is -2.49. The van der Waals surface area contributed by atoms with Crippen molar-refractivity contribution >= 4 is 32.8 Å². The summed E-state index contributed by atoms with van der Waals surface area (Å²) in [6, 6.07) is 5.88. The van der Waals surface area contributed by atoms with Crippen LogP contribution in [0.15, 0.2) is 27.1 Å². The van der Waals surface area contributed by atoms with E-state index in [1.54, 1.807) is 0 Å². The van der Waals surface area contributed by atoms with E-state index in [0.29, 0.717) is 18.9 Å². The summed E-state index contributed by atoms with van der Waals surface area (Å²) in [7, 11) is 0. The van der Waals surface area contributed by atoms with Crippen LogP contribution in [0.1, 0.15) is 48.2 Å². The van der Waals surface area contributed by atoms with Crippen molar-refractivity contribution < 1.29 is 13.9 Å². The molecule has 2 heterocycles. The molecule has 2 fully saturated rings. The number of ether oxygens (including phenoxy) is 1. The highest BCUT2D eigenvalue weighted by atomic mass is 79.9. The van der Waals surface area contributed by atoms with E-state index in [0.717, 1.165) is 46.7 Å². The van der Waals surface area contributed by atoms with E-state index in [2.05, 4.69) is 15.9 Å². The molecule has 0 unspecified atom stereocenters. The van der Waals surface area contributed by atoms with Crippen molar-refractivity contribution in [2.45, 2.75) is 44.8 Å². The first-order valence-electron chi connectivity index (χ1n) is 8.25. The normalized spacial score (nSPS) is 20.5. The summed E-state index contributed by atoms with van der Waals surface area (Å²) in [6.45, 7) is 3.23. The minimum atomic E-state index is -0.401. The number of rotatable bonds is 1. The maximum atomic E-state index is 13.1. The van der Waals surface area contributed by atoms with Gasteiger partial charge in [0.15, 0.2) is 5.76 Å². The number of hydrogen-bond donors (Lipinski definition) is 0. The fourth-order valence-corrected chi connectivity index (χ4v) is 4.28. The largest absolute Gasteiger partial charge is 0.451 e. The molecule has 1 saturated heterocycles. The predicted octanol–water partition coefficient (Wildman–Crippen LogP) is 4.64. The van der Waals surface area contributed by atoms with Gasteiger partial charge in [0.2, 0.25) is 0 Å². The molecule has 1 spiro atoms. The number of amides is 1. The van der Waals surface area contributed by atoms with Crippen LogP contribution in [0.5, 0.6) is 0 Å². The second-order valence-electron chi connectivity index (χ2n) is 6.51. The Morgan fingerprint density at radius 3 is 2.83 bits per heavy atom. The number of halogens is 1. The molecule has 4 rings (SSSR count). The Hall–Kier alpha value is -1.33. The van der Waals surface area contributed by atoms with Crippen molar-refractivity contribution in [3.63, 3.8) is 0 Å². The van der Waals surface area contributed by atoms with Gasteiger partial charge >= 0.3 is 0 Å². The van der Waals surface area contributed by atoms with Gasteiger partial charge in [-0.05, 0) is 50.8 Å². The van der Waals surface area contributed by atoms with Crippen LogP contribution in [0.4, 0.5) is 0 Å². The molecule has 0 N–H and O–H groups in total. The molecule has 1 amide bonds. The first-order valence-corrected chi connectivity index (χ1v) is 9.05. The lowest BCUT2D eigenvalue weighted by Gasteiger charge is -2.39. The molecule has 1 aromatic carbocycles. The summed E-state index contributed by atoms with van der Waals surface area (Å²) in [5.74, 6) is 0.419. The fraction of sp³-hybridized carbons (Fsp3) is 0.500. The first-order chi connectivity index (χ1) is 11.1. The van der Waals surface area contributed by atoms with E-state index in [-0.39, 0.29) is 5.91 Å². The van der Waals surface area contributed by atoms with Gasteiger partial charge < -0.3 is 14.1 Å². The van der Waals surface area contributed by atoms with Gasteiger partial charge in [0.25, 0.3) is 5.91 Å². The second kappa shape index (κ2) is 5.64. The molecule has 5 heteroatoms. The van der Waals surface area contributed by atoms with Crippen LogP contribution in [-0.2, 0) is 4.74 Å². The lowest BCUT2D eigenvalue weighted by atomic mass is 9.90. The molecule has 4 nitrogen and oxygen atoms in total. The molecule has 122 valence electrons. The number of nitrogens with zero attached hydrogens (tertiary/aromatic N) is 1. The summed E-state index contributed by atoms with van der Waals surface area (Å²) in [5, 5.41) is 0.995. The molecule has 1 aliphatic heterocycles. The minimum Gasteiger partial charge on any atom is -0.451 e. The van der Waals surface area contributed by atoms with Crippen molar-refractivity contribution in [1.29, 1.82) is 0 Å². The van der Waals surface area contributed by atoms with Crippen LogP contribution in [0.2, 0.25) is 0 Å². The number of benzene rings is 1. The summed E-state index contributed by atoms with van der Waals surface area (Å²) in [6.07, 6.45) is 5.34. The van der Waals surface area contributed by atoms with E-state index in [1.165, 1.54) is 6.42 Å².